The summed E-state index contributed by atoms with van der Waals surface area (Å²) in [6, 6.07) is -0.399. The zero-order valence-electron chi connectivity index (χ0n) is 11.6. The van der Waals surface area contributed by atoms with E-state index in [1.54, 1.807) is 0 Å². The molecule has 2 aliphatic rings. The molecule has 1 aliphatic heterocycles. The number of nitrogens with zero attached hydrogens (tertiary/aromatic N) is 1. The molecule has 112 valence electrons. The van der Waals surface area contributed by atoms with E-state index in [1.807, 2.05) is 0 Å². The van der Waals surface area contributed by atoms with Gasteiger partial charge in [-0.05, 0) is 38.1 Å². The Labute approximate surface area is 118 Å². The lowest BCUT2D eigenvalue weighted by atomic mass is 9.76. The molecule has 1 aliphatic carbocycles. The maximum Gasteiger partial charge on any atom is 0.219 e. The standard InChI is InChI=1S/C13H23N5O2/c14-10(19)6-9-11(20)13(3-4-13)8(7-18-9)2-1-5-17-12(15)16/h8-9,18H,1-7H2,(H2,14,19)(H4,15,16,17)/t8-,9-/m0/s1. The first-order valence-corrected chi connectivity index (χ1v) is 7.07. The van der Waals surface area contributed by atoms with Crippen molar-refractivity contribution >= 4 is 17.6 Å². The Balaban J connectivity index is 1.89. The Bertz CT molecular complexity index is 426. The molecule has 2 rings (SSSR count). The van der Waals surface area contributed by atoms with Crippen molar-refractivity contribution in [2.45, 2.75) is 38.1 Å². The summed E-state index contributed by atoms with van der Waals surface area (Å²) >= 11 is 0. The molecule has 1 heterocycles. The van der Waals surface area contributed by atoms with E-state index in [1.165, 1.54) is 0 Å². The molecule has 1 saturated heterocycles. The summed E-state index contributed by atoms with van der Waals surface area (Å²) in [5.41, 5.74) is 15.5. The van der Waals surface area contributed by atoms with Gasteiger partial charge in [0.15, 0.2) is 11.7 Å². The molecular formula is C13H23N5O2. The van der Waals surface area contributed by atoms with Crippen LogP contribution in [-0.4, -0.2) is 36.8 Å². The smallest absolute Gasteiger partial charge is 0.219 e. The van der Waals surface area contributed by atoms with Gasteiger partial charge in [-0.15, -0.1) is 0 Å². The molecule has 7 heteroatoms. The molecule has 1 saturated carbocycles. The number of carbonyl (C=O) groups excluding carboxylic acids is 2. The highest BCUT2D eigenvalue weighted by atomic mass is 16.1. The van der Waals surface area contributed by atoms with Gasteiger partial charge in [0.1, 0.15) is 0 Å². The van der Waals surface area contributed by atoms with Crippen molar-refractivity contribution in [3.05, 3.63) is 0 Å². The zero-order valence-corrected chi connectivity index (χ0v) is 11.6. The molecule has 0 aromatic heterocycles. The third-order valence-corrected chi connectivity index (χ3v) is 4.40. The quantitative estimate of drug-likeness (QED) is 0.277. The first-order valence-electron chi connectivity index (χ1n) is 7.07. The number of aliphatic imine (C=N–C) groups is 1. The number of amides is 1. The zero-order chi connectivity index (χ0) is 14.8. The lowest BCUT2D eigenvalue weighted by molar-refractivity contribution is -0.133. The Hall–Kier alpha value is -1.63. The average molecular weight is 281 g/mol. The first kappa shape index (κ1) is 14.8. The Morgan fingerprint density at radius 3 is 2.60 bits per heavy atom. The molecule has 2 atom stereocenters. The van der Waals surface area contributed by atoms with E-state index in [0.717, 1.165) is 32.2 Å². The first-order chi connectivity index (χ1) is 9.45. The maximum absolute atomic E-state index is 12.5. The van der Waals surface area contributed by atoms with E-state index >= 15 is 0 Å². The Kier molecular flexibility index (Phi) is 4.27. The Morgan fingerprint density at radius 2 is 2.05 bits per heavy atom. The molecule has 0 aromatic carbocycles. The van der Waals surface area contributed by atoms with E-state index < -0.39 is 11.9 Å². The van der Waals surface area contributed by atoms with Crippen LogP contribution in [0.15, 0.2) is 4.99 Å². The molecule has 0 unspecified atom stereocenters. The number of Topliss-reactive ketones (excluding diaryl/α,β-unsaturated/α-hetero) is 1. The summed E-state index contributed by atoms with van der Waals surface area (Å²) in [7, 11) is 0. The van der Waals surface area contributed by atoms with Crippen molar-refractivity contribution in [1.82, 2.24) is 5.32 Å². The monoisotopic (exact) mass is 281 g/mol. The van der Waals surface area contributed by atoms with Crippen LogP contribution in [0.2, 0.25) is 0 Å². The Morgan fingerprint density at radius 1 is 1.35 bits per heavy atom. The second-order valence-electron chi connectivity index (χ2n) is 5.80. The van der Waals surface area contributed by atoms with Crippen molar-refractivity contribution in [2.24, 2.45) is 33.5 Å². The van der Waals surface area contributed by atoms with Crippen LogP contribution < -0.4 is 22.5 Å². The van der Waals surface area contributed by atoms with Crippen LogP contribution in [0.4, 0.5) is 0 Å². The van der Waals surface area contributed by atoms with E-state index in [9.17, 15) is 9.59 Å². The van der Waals surface area contributed by atoms with Gasteiger partial charge in [-0.2, -0.15) is 0 Å². The predicted octanol–water partition coefficient (Wildman–Crippen LogP) is -1.15. The molecule has 2 fully saturated rings. The van der Waals surface area contributed by atoms with Gasteiger partial charge >= 0.3 is 0 Å². The van der Waals surface area contributed by atoms with Crippen LogP contribution >= 0.6 is 0 Å². The highest BCUT2D eigenvalue weighted by molar-refractivity contribution is 5.96. The van der Waals surface area contributed by atoms with Gasteiger partial charge in [0.25, 0.3) is 0 Å². The summed E-state index contributed by atoms with van der Waals surface area (Å²) in [6.07, 6.45) is 3.73. The highest BCUT2D eigenvalue weighted by Gasteiger charge is 2.58. The van der Waals surface area contributed by atoms with E-state index in [4.69, 9.17) is 17.2 Å². The fraction of sp³-hybridized carbons (Fsp3) is 0.769. The summed E-state index contributed by atoms with van der Waals surface area (Å²) in [5, 5.41) is 3.16. The van der Waals surface area contributed by atoms with Gasteiger partial charge in [0, 0.05) is 18.4 Å². The number of nitrogens with two attached hydrogens (primary N) is 3. The largest absolute Gasteiger partial charge is 0.370 e. The number of guanidine groups is 1. The second-order valence-corrected chi connectivity index (χ2v) is 5.80. The van der Waals surface area contributed by atoms with Crippen LogP contribution in [0.3, 0.4) is 0 Å². The van der Waals surface area contributed by atoms with Gasteiger partial charge in [0.2, 0.25) is 5.91 Å². The molecule has 1 spiro atoms. The van der Waals surface area contributed by atoms with Gasteiger partial charge in [-0.25, -0.2) is 0 Å². The lowest BCUT2D eigenvalue weighted by Gasteiger charge is -2.36. The molecule has 20 heavy (non-hydrogen) atoms. The minimum atomic E-state index is -0.433. The number of rotatable bonds is 6. The van der Waals surface area contributed by atoms with E-state index in [0.29, 0.717) is 12.5 Å². The molecule has 1 amide bonds. The topological polar surface area (TPSA) is 137 Å². The number of primary amides is 1. The second kappa shape index (κ2) is 5.78. The molecule has 0 aromatic rings. The normalized spacial score (nSPS) is 27.3. The molecular weight excluding hydrogens is 258 g/mol. The van der Waals surface area contributed by atoms with Crippen molar-refractivity contribution in [2.75, 3.05) is 13.1 Å². The van der Waals surface area contributed by atoms with Crippen LogP contribution in [0.25, 0.3) is 0 Å². The molecule has 0 radical (unpaired) electrons. The third kappa shape index (κ3) is 3.09. The minimum Gasteiger partial charge on any atom is -0.370 e. The van der Waals surface area contributed by atoms with Crippen molar-refractivity contribution < 1.29 is 9.59 Å². The van der Waals surface area contributed by atoms with Gasteiger partial charge in [0.05, 0.1) is 6.04 Å². The fourth-order valence-corrected chi connectivity index (χ4v) is 3.20. The summed E-state index contributed by atoms with van der Waals surface area (Å²) in [4.78, 5) is 27.4. The van der Waals surface area contributed by atoms with Crippen LogP contribution in [-0.2, 0) is 9.59 Å². The molecule has 7 nitrogen and oxygen atoms in total. The third-order valence-electron chi connectivity index (χ3n) is 4.40. The maximum atomic E-state index is 12.5. The number of ketones is 1. The SMILES string of the molecule is NC(=O)C[C@@H]1NC[C@H](CCCN=C(N)N)C2(CC2)C1=O. The highest BCUT2D eigenvalue weighted by Crippen LogP contribution is 2.56. The summed E-state index contributed by atoms with van der Waals surface area (Å²) in [6.45, 7) is 1.35. The van der Waals surface area contributed by atoms with E-state index in [-0.39, 0.29) is 23.6 Å². The predicted molar refractivity (Wildman–Crippen MR) is 75.7 cm³/mol. The van der Waals surface area contributed by atoms with Crippen molar-refractivity contribution in [3.63, 3.8) is 0 Å². The lowest BCUT2D eigenvalue weighted by Crippen LogP contribution is -2.54. The fourth-order valence-electron chi connectivity index (χ4n) is 3.20. The number of hydrogen-bond acceptors (Lipinski definition) is 4. The molecule has 0 bridgehead atoms. The number of piperidine rings is 1. The van der Waals surface area contributed by atoms with Crippen molar-refractivity contribution in [3.8, 4) is 0 Å². The number of hydrogen-bond donors (Lipinski definition) is 4. The summed E-state index contributed by atoms with van der Waals surface area (Å²) < 4.78 is 0. The number of nitrogens with one attached hydrogen (secondary N) is 1. The van der Waals surface area contributed by atoms with Gasteiger partial charge in [-0.3, -0.25) is 14.6 Å². The van der Waals surface area contributed by atoms with Crippen LogP contribution in [0.1, 0.15) is 32.1 Å². The van der Waals surface area contributed by atoms with Gasteiger partial charge < -0.3 is 22.5 Å². The average Bonchev–Trinajstić information content (AvgIpc) is 3.14. The van der Waals surface area contributed by atoms with Crippen LogP contribution in [0, 0.1) is 11.3 Å². The molecule has 7 N–H and O–H groups in total. The van der Waals surface area contributed by atoms with Crippen LogP contribution in [0.5, 0.6) is 0 Å². The number of carbonyl (C=O) groups is 2. The summed E-state index contributed by atoms with van der Waals surface area (Å²) in [5.74, 6) is 0.145. The minimum absolute atomic E-state index is 0.0985. The van der Waals surface area contributed by atoms with E-state index in [2.05, 4.69) is 10.3 Å². The van der Waals surface area contributed by atoms with Crippen molar-refractivity contribution in [1.29, 1.82) is 0 Å². The van der Waals surface area contributed by atoms with Gasteiger partial charge in [-0.1, -0.05) is 0 Å².